The van der Waals surface area contributed by atoms with Crippen molar-refractivity contribution in [3.63, 3.8) is 0 Å². The fraction of sp³-hybridized carbons (Fsp3) is 0.300. The van der Waals surface area contributed by atoms with Crippen LogP contribution in [0.25, 0.3) is 31.3 Å². The summed E-state index contributed by atoms with van der Waals surface area (Å²) in [5.41, 5.74) is 0.167. The summed E-state index contributed by atoms with van der Waals surface area (Å²) in [6.07, 6.45) is -0.0422. The molecule has 96 heavy (non-hydrogen) atoms. The summed E-state index contributed by atoms with van der Waals surface area (Å²) in [5.74, 6) is -7.38. The first-order valence-corrected chi connectivity index (χ1v) is 33.1. The molecular weight excluding hydrogens is 1430 g/mol. The van der Waals surface area contributed by atoms with E-state index in [0.29, 0.717) is 28.7 Å². The fourth-order valence-electron chi connectivity index (χ4n) is 8.02. The van der Waals surface area contributed by atoms with Crippen molar-refractivity contribution in [2.45, 2.75) is 77.6 Å². The lowest BCUT2D eigenvalue weighted by molar-refractivity contribution is -0.120. The van der Waals surface area contributed by atoms with Crippen LogP contribution in [-0.2, 0) is 65.9 Å². The van der Waals surface area contributed by atoms with Crippen molar-refractivity contribution in [2.24, 2.45) is 20.9 Å². The number of hydrogen-bond acceptors (Lipinski definition) is 15. The van der Waals surface area contributed by atoms with Crippen LogP contribution < -0.4 is 30.1 Å². The molecule has 0 bridgehead atoms. The predicted molar refractivity (Wildman–Crippen MR) is 373 cm³/mol. The number of carbonyl (C=O) groups is 3. The van der Waals surface area contributed by atoms with Crippen LogP contribution in [0.4, 0.5) is 30.2 Å². The van der Waals surface area contributed by atoms with Crippen molar-refractivity contribution >= 4 is 134 Å². The molecule has 36 heteroatoms. The third kappa shape index (κ3) is 17.7. The molecule has 5 unspecified atom stereocenters. The maximum Gasteiger partial charge on any atom is 0.280 e. The number of rotatable bonds is 12. The molecule has 0 radical (unpaired) electrons. The van der Waals surface area contributed by atoms with Crippen molar-refractivity contribution < 1.29 is 89.8 Å². The van der Waals surface area contributed by atoms with Crippen LogP contribution in [0.3, 0.4) is 0 Å². The van der Waals surface area contributed by atoms with Crippen LogP contribution in [0.5, 0.6) is 0 Å². The average molecular weight is 1530 g/mol. The van der Waals surface area contributed by atoms with Crippen LogP contribution >= 0.6 is 68.8 Å². The van der Waals surface area contributed by atoms with Gasteiger partial charge in [0.1, 0.15) is 35.5 Å². The van der Waals surface area contributed by atoms with E-state index in [1.165, 1.54) is 73.6 Å². The first kappa shape index (κ1) is 46.4. The maximum absolute atomic E-state index is 13.6. The van der Waals surface area contributed by atoms with Crippen molar-refractivity contribution in [3.8, 4) is 31.3 Å². The van der Waals surface area contributed by atoms with Gasteiger partial charge in [0.05, 0.1) is 59.9 Å². The lowest BCUT2D eigenvalue weighted by Crippen LogP contribution is -2.55. The minimum absolute atomic E-state index is 0. The molecule has 9 atom stereocenters. The molecular formula is C60H69Cl3F3N15O9S6. The lowest BCUT2D eigenvalue weighted by atomic mass is 10.1. The summed E-state index contributed by atoms with van der Waals surface area (Å²) in [4.78, 5) is 40.5. The van der Waals surface area contributed by atoms with E-state index in [1.807, 2.05) is 14.2 Å². The molecule has 3 amide bonds. The van der Waals surface area contributed by atoms with Gasteiger partial charge in [0, 0.05) is 152 Å². The third-order valence-electron chi connectivity index (χ3n) is 12.4. The summed E-state index contributed by atoms with van der Waals surface area (Å²) in [5, 5.41) is 16.3. The highest BCUT2D eigenvalue weighted by Crippen LogP contribution is 2.40. The molecule has 0 spiro atoms. The van der Waals surface area contributed by atoms with Gasteiger partial charge in [-0.3, -0.25) is 28.4 Å². The number of thiophene rings is 3. The number of carbonyl (C=O) groups excluding carboxylic acids is 3. The number of hydrogen-bond donors (Lipinski definition) is 6. The number of nitrogens with one attached hydrogen (secondary N) is 6. The van der Waals surface area contributed by atoms with E-state index in [9.17, 15) is 52.8 Å². The van der Waals surface area contributed by atoms with Crippen molar-refractivity contribution in [2.75, 3.05) is 36.9 Å². The number of amides is 3. The Morgan fingerprint density at radius 1 is 0.479 bits per heavy atom. The number of aryl methyl sites for hydroxylation is 3. The average Bonchev–Trinajstić information content (AvgIpc) is 1.62. The fourth-order valence-corrected chi connectivity index (χ4v) is 14.4. The number of likely N-dealkylation sites (N-methyl/N-ethyl adjacent to an activating group) is 3. The highest BCUT2D eigenvalue weighted by atomic mass is 35.5. The predicted octanol–water partition coefficient (Wildman–Crippen LogP) is 11.4. The topological polar surface area (TPSA) is 289 Å². The van der Waals surface area contributed by atoms with Crippen LogP contribution in [0.1, 0.15) is 111 Å². The zero-order chi connectivity index (χ0) is 90.2. The van der Waals surface area contributed by atoms with Crippen molar-refractivity contribution in [3.05, 3.63) is 175 Å². The first-order valence-electron chi connectivity index (χ1n) is 38.9. The Kier molecular flexibility index (Phi) is 15.1. The Hall–Kier alpha value is -6.93. The number of anilines is 3. The molecule has 3 saturated heterocycles. The molecule has 0 saturated carbocycles. The van der Waals surface area contributed by atoms with Gasteiger partial charge in [-0.05, 0) is 110 Å². The first-order chi connectivity index (χ1) is 54.6. The van der Waals surface area contributed by atoms with E-state index < -0.39 is 191 Å². The summed E-state index contributed by atoms with van der Waals surface area (Å²) in [7, 11) is -15.9. The Morgan fingerprint density at radius 2 is 0.750 bits per heavy atom. The zero-order valence-corrected chi connectivity index (χ0v) is 52.9. The molecule has 3 aliphatic heterocycles. The van der Waals surface area contributed by atoms with Gasteiger partial charge >= 0.3 is 0 Å². The number of aromatic nitrogens is 6. The normalized spacial score (nSPS) is 32.3. The second-order valence-corrected chi connectivity index (χ2v) is 27.7. The molecule has 24 nitrogen and oxygen atoms in total. The summed E-state index contributed by atoms with van der Waals surface area (Å²) >= 11 is 19.4. The second-order valence-electron chi connectivity index (χ2n) is 18.7. The minimum Gasteiger partial charge on any atom is -0.325 e. The van der Waals surface area contributed by atoms with Crippen LogP contribution in [0.2, 0.25) is 15.1 Å². The number of halogens is 6. The summed E-state index contributed by atoms with van der Waals surface area (Å²) in [6.45, 7) is -18.7. The van der Waals surface area contributed by atoms with Crippen LogP contribution in [-0.4, -0.2) is 124 Å². The van der Waals surface area contributed by atoms with Gasteiger partial charge in [-0.15, -0.1) is 34.0 Å². The van der Waals surface area contributed by atoms with Crippen molar-refractivity contribution in [1.29, 1.82) is 0 Å². The van der Waals surface area contributed by atoms with Gasteiger partial charge in [0.2, 0.25) is 17.7 Å². The monoisotopic (exact) mass is 1520 g/mol. The molecule has 6 aromatic heterocycles. The zero-order valence-electron chi connectivity index (χ0n) is 72.8. The maximum atomic E-state index is 13.6. The molecule has 0 aliphatic carbocycles. The van der Waals surface area contributed by atoms with Gasteiger partial charge < -0.3 is 16.0 Å². The molecule has 3 fully saturated rings. The van der Waals surface area contributed by atoms with Gasteiger partial charge in [0.25, 0.3) is 30.6 Å². The second kappa shape index (κ2) is 31.3. The standard InChI is InChI=1S/3C19H19ClFN5O3S2.3CH4/c3*1-25-10-11(9-22-25)17-5-6-18(30-17)15-8-16(26(2)31(28,29)24-15)19(27)23-12-3-4-14(21)13(20)7-12;;;/h3*3-7,9-10,15-16,24H,8H2,1-2H3,(H,23,27);3*1H4/t2*15-,16+;;;;/m10..../s1/i3*1D3,2D3,8D,15D,16D;;;/t2*8?,15-,16+;;;;. The van der Waals surface area contributed by atoms with Gasteiger partial charge in [0.15, 0.2) is 0 Å². The SMILES string of the molecule is C.C.C.[2H]C1C([2H])(c2ccc(-c3cnn(C([2H])([2H])[2H])c3)s2)NS(=O)(=O)N(C([2H])([2H])[2H])C1([2H])C(=O)Nc1ccc(F)c(Cl)c1.[2H]C1[C@]([2H])(C(=O)Nc2ccc(F)c(Cl)c2)N(C([2H])([2H])[2H])S(=O)(=O)N[C@]1([2H])c1ccc(-c2cnn(C([2H])([2H])[2H])c2)s1.[2H]C1[C@]([2H])(c2ccc(-c3cnn(C([2H])([2H])[2H])c3)s2)NS(=O)(=O)N(C([2H])([2H])[2H])[C@]1([2H])C(=O)Nc1ccc(F)c(Cl)c1. The van der Waals surface area contributed by atoms with Gasteiger partial charge in [-0.1, -0.05) is 57.1 Å². The molecule has 3 aliphatic rings. The summed E-state index contributed by atoms with van der Waals surface area (Å²) < 4.78 is 343. The quantitative estimate of drug-likeness (QED) is 0.0666. The molecule has 12 rings (SSSR count). The lowest BCUT2D eigenvalue weighted by Gasteiger charge is -2.35. The highest BCUT2D eigenvalue weighted by molar-refractivity contribution is 7.87. The van der Waals surface area contributed by atoms with Crippen LogP contribution in [0, 0.1) is 17.5 Å². The Bertz CT molecular complexity index is 5300. The Labute approximate surface area is 619 Å². The molecule has 516 valence electrons. The van der Waals surface area contributed by atoms with Gasteiger partial charge in [-0.25, -0.2) is 13.2 Å². The smallest absolute Gasteiger partial charge is 0.280 e. The van der Waals surface area contributed by atoms with E-state index in [0.717, 1.165) is 88.6 Å². The van der Waals surface area contributed by atoms with E-state index >= 15 is 0 Å². The number of nitrogens with zero attached hydrogens (tertiary/aromatic N) is 9. The van der Waals surface area contributed by atoms with E-state index in [1.54, 1.807) is 0 Å². The minimum atomic E-state index is -5.31. The molecule has 9 aromatic rings. The van der Waals surface area contributed by atoms with Gasteiger partial charge in [-0.2, -0.15) is 67.6 Å². The van der Waals surface area contributed by atoms with E-state index in [2.05, 4.69) is 31.2 Å². The molecule has 3 aromatic carbocycles. The Morgan fingerprint density at radius 3 is 0.979 bits per heavy atom. The van der Waals surface area contributed by atoms with E-state index in [-0.39, 0.29) is 70.7 Å². The highest BCUT2D eigenvalue weighted by Gasteiger charge is 2.44. The van der Waals surface area contributed by atoms with Crippen LogP contribution in [0.15, 0.2) is 128 Å². The summed E-state index contributed by atoms with van der Waals surface area (Å²) in [6, 6.07) is -2.31. The molecule has 9 heterocycles. The van der Waals surface area contributed by atoms with Crippen molar-refractivity contribution in [1.82, 2.24) is 56.4 Å². The molecule has 6 N–H and O–H groups in total. The third-order valence-corrected chi connectivity index (χ3v) is 20.2. The largest absolute Gasteiger partial charge is 0.325 e. The number of benzene rings is 3. The van der Waals surface area contributed by atoms with E-state index in [4.69, 9.17) is 71.8 Å². The Balaban J connectivity index is 0.000000251.